The molecule has 0 bridgehead atoms. The number of aromatic nitrogens is 2. The second-order valence-corrected chi connectivity index (χ2v) is 3.99. The van der Waals surface area contributed by atoms with E-state index in [2.05, 4.69) is 16.0 Å². The third-order valence-electron chi connectivity index (χ3n) is 2.82. The van der Waals surface area contributed by atoms with Crippen molar-refractivity contribution in [1.29, 1.82) is 5.26 Å². The van der Waals surface area contributed by atoms with Crippen LogP contribution in [0, 0.1) is 11.3 Å². The number of hydrogen-bond donors (Lipinski definition) is 2. The van der Waals surface area contributed by atoms with E-state index >= 15 is 0 Å². The summed E-state index contributed by atoms with van der Waals surface area (Å²) in [5, 5.41) is 9.20. The highest BCUT2D eigenvalue weighted by molar-refractivity contribution is 5.77. The van der Waals surface area contributed by atoms with Gasteiger partial charge in [0, 0.05) is 11.8 Å². The molecule has 0 spiro atoms. The van der Waals surface area contributed by atoms with Gasteiger partial charge in [0.15, 0.2) is 0 Å². The Hall–Kier alpha value is -3.00. The zero-order chi connectivity index (χ0) is 13.2. The van der Waals surface area contributed by atoms with Gasteiger partial charge in [-0.1, -0.05) is 0 Å². The first-order chi connectivity index (χ1) is 9.29. The molecule has 0 amide bonds. The molecule has 0 saturated heterocycles. The molecule has 0 unspecified atom stereocenters. The molecule has 3 aromatic rings. The summed E-state index contributed by atoms with van der Waals surface area (Å²) in [5.74, 6) is 0.791. The fourth-order valence-electron chi connectivity index (χ4n) is 1.94. The number of hydrogen-bond acceptors (Lipinski definition) is 4. The topological polar surface area (TPSA) is 91.6 Å². The highest BCUT2D eigenvalue weighted by Gasteiger charge is 2.15. The Balaban J connectivity index is 2.25. The molecule has 3 N–H and O–H groups in total. The van der Waals surface area contributed by atoms with Gasteiger partial charge in [-0.3, -0.25) is 0 Å². The SMILES string of the molecule is N#Cc1c(-c2ccco2)cc(-c2ccc[nH]2)nc1N. The highest BCUT2D eigenvalue weighted by Crippen LogP contribution is 2.30. The molecule has 0 atom stereocenters. The number of furan rings is 1. The van der Waals surface area contributed by atoms with Gasteiger partial charge in [0.2, 0.25) is 0 Å². The zero-order valence-electron chi connectivity index (χ0n) is 9.92. The molecule has 0 aliphatic rings. The molecule has 3 aromatic heterocycles. The largest absolute Gasteiger partial charge is 0.464 e. The van der Waals surface area contributed by atoms with Crippen LogP contribution in [0.3, 0.4) is 0 Å². The minimum absolute atomic E-state index is 0.195. The minimum atomic E-state index is 0.195. The number of nitrogens with zero attached hydrogens (tertiary/aromatic N) is 2. The molecule has 0 saturated carbocycles. The van der Waals surface area contributed by atoms with E-state index in [1.165, 1.54) is 0 Å². The van der Waals surface area contributed by atoms with Crippen LogP contribution in [0.1, 0.15) is 5.56 Å². The molecule has 5 heteroatoms. The number of anilines is 1. The molecule has 19 heavy (non-hydrogen) atoms. The van der Waals surface area contributed by atoms with Gasteiger partial charge in [-0.25, -0.2) is 4.98 Å². The van der Waals surface area contributed by atoms with Gasteiger partial charge in [-0.15, -0.1) is 0 Å². The van der Waals surface area contributed by atoms with Crippen LogP contribution >= 0.6 is 0 Å². The quantitative estimate of drug-likeness (QED) is 0.731. The van der Waals surface area contributed by atoms with E-state index in [-0.39, 0.29) is 5.82 Å². The van der Waals surface area contributed by atoms with Crippen LogP contribution in [0.5, 0.6) is 0 Å². The Bertz CT molecular complexity index is 737. The van der Waals surface area contributed by atoms with Crippen molar-refractivity contribution in [2.45, 2.75) is 0 Å². The van der Waals surface area contributed by atoms with Gasteiger partial charge in [0.1, 0.15) is 23.2 Å². The first-order valence-corrected chi connectivity index (χ1v) is 5.68. The predicted octanol–water partition coefficient (Wildman–Crippen LogP) is 2.79. The first kappa shape index (κ1) is 11.1. The Morgan fingerprint density at radius 3 is 2.84 bits per heavy atom. The lowest BCUT2D eigenvalue weighted by atomic mass is 10.1. The summed E-state index contributed by atoms with van der Waals surface area (Å²) in [6, 6.07) is 11.2. The normalized spacial score (nSPS) is 10.3. The van der Waals surface area contributed by atoms with Crippen LogP contribution in [0.25, 0.3) is 22.7 Å². The number of rotatable bonds is 2. The molecule has 0 radical (unpaired) electrons. The van der Waals surface area contributed by atoms with Crippen molar-refractivity contribution in [3.8, 4) is 28.8 Å². The first-order valence-electron chi connectivity index (χ1n) is 5.68. The third-order valence-corrected chi connectivity index (χ3v) is 2.82. The molecule has 0 aromatic carbocycles. The van der Waals surface area contributed by atoms with E-state index in [9.17, 15) is 5.26 Å². The lowest BCUT2D eigenvalue weighted by Gasteiger charge is -2.06. The van der Waals surface area contributed by atoms with Crippen molar-refractivity contribution >= 4 is 5.82 Å². The fourth-order valence-corrected chi connectivity index (χ4v) is 1.94. The van der Waals surface area contributed by atoms with E-state index in [0.717, 1.165) is 5.69 Å². The van der Waals surface area contributed by atoms with Crippen molar-refractivity contribution < 1.29 is 4.42 Å². The maximum atomic E-state index is 9.20. The molecule has 92 valence electrons. The molecule has 3 heterocycles. The van der Waals surface area contributed by atoms with Gasteiger partial charge in [-0.2, -0.15) is 5.26 Å². The van der Waals surface area contributed by atoms with Gasteiger partial charge in [-0.05, 0) is 30.3 Å². The van der Waals surface area contributed by atoms with Gasteiger partial charge < -0.3 is 15.1 Å². The molecule has 5 nitrogen and oxygen atoms in total. The van der Waals surface area contributed by atoms with Crippen molar-refractivity contribution in [1.82, 2.24) is 9.97 Å². The monoisotopic (exact) mass is 250 g/mol. The van der Waals surface area contributed by atoms with Crippen LogP contribution in [0.15, 0.2) is 47.2 Å². The molecule has 3 rings (SSSR count). The Morgan fingerprint density at radius 1 is 1.32 bits per heavy atom. The summed E-state index contributed by atoms with van der Waals surface area (Å²) in [7, 11) is 0. The predicted molar refractivity (Wildman–Crippen MR) is 70.9 cm³/mol. The average Bonchev–Trinajstić information content (AvgIpc) is 3.11. The maximum absolute atomic E-state index is 9.20. The number of pyridine rings is 1. The maximum Gasteiger partial charge on any atom is 0.142 e. The number of nitrogen functional groups attached to an aromatic ring is 1. The lowest BCUT2D eigenvalue weighted by Crippen LogP contribution is -1.99. The van der Waals surface area contributed by atoms with Crippen molar-refractivity contribution in [3.63, 3.8) is 0 Å². The van der Waals surface area contributed by atoms with Crippen LogP contribution in [-0.2, 0) is 0 Å². The second kappa shape index (κ2) is 4.35. The van der Waals surface area contributed by atoms with E-state index in [4.69, 9.17) is 10.2 Å². The summed E-state index contributed by atoms with van der Waals surface area (Å²) in [5.41, 5.74) is 8.33. The average molecular weight is 250 g/mol. The van der Waals surface area contributed by atoms with Crippen LogP contribution in [0.2, 0.25) is 0 Å². The summed E-state index contributed by atoms with van der Waals surface area (Å²) in [6.07, 6.45) is 3.36. The van der Waals surface area contributed by atoms with Crippen molar-refractivity contribution in [2.24, 2.45) is 0 Å². The van der Waals surface area contributed by atoms with E-state index < -0.39 is 0 Å². The fraction of sp³-hybridized carbons (Fsp3) is 0. The van der Waals surface area contributed by atoms with Gasteiger partial charge in [0.25, 0.3) is 0 Å². The standard InChI is InChI=1S/C14H10N4O/c15-8-10-9(13-4-2-6-19-13)7-12(18-14(10)16)11-3-1-5-17-11/h1-7,17H,(H2,16,18). The smallest absolute Gasteiger partial charge is 0.142 e. The molecular weight excluding hydrogens is 240 g/mol. The van der Waals surface area contributed by atoms with Gasteiger partial charge in [0.05, 0.1) is 17.7 Å². The minimum Gasteiger partial charge on any atom is -0.464 e. The van der Waals surface area contributed by atoms with Crippen LogP contribution in [0.4, 0.5) is 5.82 Å². The molecule has 0 fully saturated rings. The van der Waals surface area contributed by atoms with Crippen LogP contribution < -0.4 is 5.73 Å². The third kappa shape index (κ3) is 1.85. The van der Waals surface area contributed by atoms with Crippen molar-refractivity contribution in [3.05, 3.63) is 48.4 Å². The van der Waals surface area contributed by atoms with E-state index in [1.54, 1.807) is 30.7 Å². The van der Waals surface area contributed by atoms with Crippen molar-refractivity contribution in [2.75, 3.05) is 5.73 Å². The van der Waals surface area contributed by atoms with Gasteiger partial charge >= 0.3 is 0 Å². The highest BCUT2D eigenvalue weighted by atomic mass is 16.3. The Kier molecular flexibility index (Phi) is 2.54. The number of H-pyrrole nitrogens is 1. The number of aromatic amines is 1. The zero-order valence-corrected chi connectivity index (χ0v) is 9.92. The molecule has 0 aliphatic carbocycles. The Labute approximate surface area is 109 Å². The van der Waals surface area contributed by atoms with E-state index in [0.29, 0.717) is 22.6 Å². The van der Waals surface area contributed by atoms with Crippen LogP contribution in [-0.4, -0.2) is 9.97 Å². The summed E-state index contributed by atoms with van der Waals surface area (Å²) < 4.78 is 5.34. The molecular formula is C14H10N4O. The number of nitrogens with two attached hydrogens (primary N) is 1. The van der Waals surface area contributed by atoms with E-state index in [1.807, 2.05) is 12.1 Å². The molecule has 0 aliphatic heterocycles. The summed E-state index contributed by atoms with van der Waals surface area (Å²) in [6.45, 7) is 0. The lowest BCUT2D eigenvalue weighted by molar-refractivity contribution is 0.582. The number of nitriles is 1. The Morgan fingerprint density at radius 2 is 2.21 bits per heavy atom. The summed E-state index contributed by atoms with van der Waals surface area (Å²) in [4.78, 5) is 7.30. The summed E-state index contributed by atoms with van der Waals surface area (Å²) >= 11 is 0. The number of nitrogens with one attached hydrogen (secondary N) is 1. The second-order valence-electron chi connectivity index (χ2n) is 3.99.